The first kappa shape index (κ1) is 21.2. The topological polar surface area (TPSA) is 76.2 Å². The Hall–Kier alpha value is -2.06. The highest BCUT2D eigenvalue weighted by Crippen LogP contribution is 2.37. The smallest absolute Gasteiger partial charge is 0.410 e. The van der Waals surface area contributed by atoms with Crippen molar-refractivity contribution in [2.75, 3.05) is 56.2 Å². The number of ether oxygens (including phenoxy) is 3. The Morgan fingerprint density at radius 2 is 1.97 bits per heavy atom. The van der Waals surface area contributed by atoms with E-state index in [0.29, 0.717) is 25.6 Å². The number of amides is 1. The molecule has 0 aromatic carbocycles. The summed E-state index contributed by atoms with van der Waals surface area (Å²) in [6.45, 7) is 10.6. The number of carbonyl (C=O) groups is 1. The maximum Gasteiger partial charge on any atom is 0.410 e. The third-order valence-electron chi connectivity index (χ3n) is 5.71. The Balaban J connectivity index is 1.38. The Morgan fingerprint density at radius 1 is 1.20 bits per heavy atom. The molecule has 1 aromatic rings. The van der Waals surface area contributed by atoms with Gasteiger partial charge in [0, 0.05) is 19.6 Å². The van der Waals surface area contributed by atoms with Crippen LogP contribution in [-0.2, 0) is 14.2 Å². The van der Waals surface area contributed by atoms with Crippen LogP contribution < -0.4 is 10.2 Å². The Kier molecular flexibility index (Phi) is 6.34. The molecule has 0 unspecified atom stereocenters. The van der Waals surface area contributed by atoms with E-state index in [1.165, 1.54) is 12.8 Å². The summed E-state index contributed by atoms with van der Waals surface area (Å²) in [6, 6.07) is 4.28. The van der Waals surface area contributed by atoms with E-state index in [9.17, 15) is 4.79 Å². The number of anilines is 2. The van der Waals surface area contributed by atoms with Crippen LogP contribution in [0.4, 0.5) is 16.3 Å². The van der Waals surface area contributed by atoms with E-state index < -0.39 is 5.60 Å². The van der Waals surface area contributed by atoms with Gasteiger partial charge in [0.05, 0.1) is 50.4 Å². The molecule has 1 saturated carbocycles. The highest BCUT2D eigenvalue weighted by Gasteiger charge is 2.40. The molecule has 3 heterocycles. The van der Waals surface area contributed by atoms with Crippen LogP contribution in [-0.4, -0.2) is 79.7 Å². The minimum Gasteiger partial charge on any atom is -0.444 e. The van der Waals surface area contributed by atoms with Gasteiger partial charge < -0.3 is 29.3 Å². The SMILES string of the molecule is CC(C)(C)OC(=O)N1CCO[C@H]([C@@H](Nc2ccc(N3CCOCC3)cn2)C2CC2)C1. The van der Waals surface area contributed by atoms with Crippen molar-refractivity contribution >= 4 is 17.6 Å². The second-order valence-electron chi connectivity index (χ2n) is 9.34. The molecule has 1 aromatic heterocycles. The van der Waals surface area contributed by atoms with E-state index in [0.717, 1.165) is 37.8 Å². The van der Waals surface area contributed by atoms with Crippen LogP contribution >= 0.6 is 0 Å². The Morgan fingerprint density at radius 3 is 2.60 bits per heavy atom. The minimum absolute atomic E-state index is 0.0699. The first-order valence-electron chi connectivity index (χ1n) is 11.0. The van der Waals surface area contributed by atoms with Gasteiger partial charge in [-0.25, -0.2) is 9.78 Å². The average molecular weight is 419 g/mol. The maximum atomic E-state index is 12.5. The lowest BCUT2D eigenvalue weighted by Gasteiger charge is -2.38. The van der Waals surface area contributed by atoms with E-state index in [1.54, 1.807) is 4.90 Å². The number of rotatable bonds is 5. The van der Waals surface area contributed by atoms with Crippen LogP contribution in [0.3, 0.4) is 0 Å². The van der Waals surface area contributed by atoms with Crippen LogP contribution in [0.15, 0.2) is 18.3 Å². The molecule has 8 heteroatoms. The van der Waals surface area contributed by atoms with Gasteiger partial charge in [-0.2, -0.15) is 0 Å². The van der Waals surface area contributed by atoms with Crippen molar-refractivity contribution in [1.82, 2.24) is 9.88 Å². The van der Waals surface area contributed by atoms with Crippen molar-refractivity contribution in [1.29, 1.82) is 0 Å². The number of morpholine rings is 2. The van der Waals surface area contributed by atoms with Gasteiger partial charge >= 0.3 is 6.09 Å². The molecule has 0 radical (unpaired) electrons. The van der Waals surface area contributed by atoms with Crippen LogP contribution in [0.2, 0.25) is 0 Å². The van der Waals surface area contributed by atoms with Gasteiger partial charge in [0.25, 0.3) is 0 Å². The summed E-state index contributed by atoms with van der Waals surface area (Å²) in [5.41, 5.74) is 0.627. The van der Waals surface area contributed by atoms with Crippen molar-refractivity contribution in [2.24, 2.45) is 5.92 Å². The number of nitrogens with zero attached hydrogens (tertiary/aromatic N) is 3. The van der Waals surface area contributed by atoms with Gasteiger partial charge in [0.2, 0.25) is 0 Å². The summed E-state index contributed by atoms with van der Waals surface area (Å²) in [6.07, 6.45) is 3.94. The predicted molar refractivity (Wildman–Crippen MR) is 115 cm³/mol. The molecule has 1 N–H and O–H groups in total. The zero-order chi connectivity index (χ0) is 21.1. The van der Waals surface area contributed by atoms with Crippen LogP contribution in [0, 0.1) is 5.92 Å². The number of aromatic nitrogens is 1. The predicted octanol–water partition coefficient (Wildman–Crippen LogP) is 2.74. The molecular weight excluding hydrogens is 384 g/mol. The van der Waals surface area contributed by atoms with Gasteiger partial charge in [0.1, 0.15) is 11.4 Å². The third kappa shape index (κ3) is 5.55. The zero-order valence-electron chi connectivity index (χ0n) is 18.3. The van der Waals surface area contributed by atoms with E-state index in [2.05, 4.69) is 21.3 Å². The lowest BCUT2D eigenvalue weighted by Crippen LogP contribution is -2.53. The molecule has 2 aliphatic heterocycles. The van der Waals surface area contributed by atoms with E-state index in [4.69, 9.17) is 14.2 Å². The highest BCUT2D eigenvalue weighted by molar-refractivity contribution is 5.68. The zero-order valence-corrected chi connectivity index (χ0v) is 18.3. The van der Waals surface area contributed by atoms with Crippen molar-refractivity contribution < 1.29 is 19.0 Å². The van der Waals surface area contributed by atoms with Crippen molar-refractivity contribution in [2.45, 2.75) is 51.4 Å². The van der Waals surface area contributed by atoms with Crippen molar-refractivity contribution in [3.63, 3.8) is 0 Å². The molecule has 1 amide bonds. The normalized spacial score (nSPS) is 23.8. The van der Waals surface area contributed by atoms with Gasteiger partial charge in [-0.05, 0) is 51.7 Å². The Bertz CT molecular complexity index is 711. The van der Waals surface area contributed by atoms with Gasteiger partial charge in [-0.1, -0.05) is 0 Å². The lowest BCUT2D eigenvalue weighted by atomic mass is 10.0. The monoisotopic (exact) mass is 418 g/mol. The largest absolute Gasteiger partial charge is 0.444 e. The van der Waals surface area contributed by atoms with Gasteiger partial charge in [-0.15, -0.1) is 0 Å². The van der Waals surface area contributed by atoms with Crippen molar-refractivity contribution in [3.8, 4) is 0 Å². The molecule has 2 atom stereocenters. The standard InChI is InChI=1S/C22H34N4O4/c1-22(2,3)30-21(27)26-10-13-29-18(15-26)20(16-4-5-16)24-19-7-6-17(14-23-19)25-8-11-28-12-9-25/h6-7,14,16,18,20H,4-5,8-13,15H2,1-3H3,(H,23,24)/t18-,20-/m0/s1. The van der Waals surface area contributed by atoms with Gasteiger partial charge in [0.15, 0.2) is 0 Å². The fourth-order valence-corrected chi connectivity index (χ4v) is 4.01. The molecule has 3 aliphatic rings. The number of carbonyl (C=O) groups excluding carboxylic acids is 1. The third-order valence-corrected chi connectivity index (χ3v) is 5.71. The summed E-state index contributed by atoms with van der Waals surface area (Å²) in [5.74, 6) is 1.40. The second kappa shape index (κ2) is 8.98. The quantitative estimate of drug-likeness (QED) is 0.788. The fourth-order valence-electron chi connectivity index (χ4n) is 4.01. The van der Waals surface area contributed by atoms with Gasteiger partial charge in [-0.3, -0.25) is 0 Å². The molecule has 3 fully saturated rings. The first-order chi connectivity index (χ1) is 14.4. The average Bonchev–Trinajstić information content (AvgIpc) is 3.57. The number of pyridine rings is 1. The number of hydrogen-bond acceptors (Lipinski definition) is 7. The summed E-state index contributed by atoms with van der Waals surface area (Å²) in [7, 11) is 0. The molecule has 1 aliphatic carbocycles. The number of hydrogen-bond donors (Lipinski definition) is 1. The van der Waals surface area contributed by atoms with Crippen LogP contribution in [0.25, 0.3) is 0 Å². The fraction of sp³-hybridized carbons (Fsp3) is 0.727. The molecule has 0 bridgehead atoms. The van der Waals surface area contributed by atoms with Crippen molar-refractivity contribution in [3.05, 3.63) is 18.3 Å². The minimum atomic E-state index is -0.495. The molecule has 30 heavy (non-hydrogen) atoms. The van der Waals surface area contributed by atoms with E-state index in [1.807, 2.05) is 33.0 Å². The maximum absolute atomic E-state index is 12.5. The number of nitrogens with one attached hydrogen (secondary N) is 1. The molecule has 4 rings (SSSR count). The molecule has 0 spiro atoms. The molecule has 166 valence electrons. The van der Waals surface area contributed by atoms with E-state index >= 15 is 0 Å². The van der Waals surface area contributed by atoms with Crippen LogP contribution in [0.5, 0.6) is 0 Å². The van der Waals surface area contributed by atoms with Crippen LogP contribution in [0.1, 0.15) is 33.6 Å². The highest BCUT2D eigenvalue weighted by atomic mass is 16.6. The Labute approximate surface area is 178 Å². The molecule has 8 nitrogen and oxygen atoms in total. The summed E-state index contributed by atoms with van der Waals surface area (Å²) in [4.78, 5) is 21.2. The summed E-state index contributed by atoms with van der Waals surface area (Å²) < 4.78 is 17.1. The lowest BCUT2D eigenvalue weighted by molar-refractivity contribution is -0.0502. The molecular formula is C22H34N4O4. The second-order valence-corrected chi connectivity index (χ2v) is 9.34. The van der Waals surface area contributed by atoms with E-state index in [-0.39, 0.29) is 18.2 Å². The first-order valence-corrected chi connectivity index (χ1v) is 11.0. The summed E-state index contributed by atoms with van der Waals surface area (Å²) in [5, 5.41) is 3.59. The summed E-state index contributed by atoms with van der Waals surface area (Å²) >= 11 is 0. The molecule has 2 saturated heterocycles.